The second-order valence-electron chi connectivity index (χ2n) is 8.92. The lowest BCUT2D eigenvalue weighted by Crippen LogP contribution is -2.42. The van der Waals surface area contributed by atoms with Gasteiger partial charge in [-0.3, -0.25) is 14.5 Å². The summed E-state index contributed by atoms with van der Waals surface area (Å²) in [7, 11) is -1.57. The van der Waals surface area contributed by atoms with Crippen molar-refractivity contribution in [2.24, 2.45) is 0 Å². The van der Waals surface area contributed by atoms with Gasteiger partial charge in [-0.2, -0.15) is 0 Å². The van der Waals surface area contributed by atoms with Crippen molar-refractivity contribution in [2.45, 2.75) is 32.4 Å². The first-order valence-electron chi connectivity index (χ1n) is 11.6. The molecule has 0 aromatic heterocycles. The van der Waals surface area contributed by atoms with Crippen LogP contribution in [0.5, 0.6) is 5.75 Å². The number of hydrogen-bond donors (Lipinski definition) is 0. The largest absolute Gasteiger partial charge is 0.497 e. The van der Waals surface area contributed by atoms with E-state index in [-0.39, 0.29) is 42.3 Å². The van der Waals surface area contributed by atoms with Gasteiger partial charge in [0.05, 0.1) is 23.5 Å². The molecule has 2 aliphatic heterocycles. The van der Waals surface area contributed by atoms with Gasteiger partial charge in [0.15, 0.2) is 9.84 Å². The standard InChI is InChI=1S/C26H28N2O5S3/c1-18-3-5-20(6-4-18)16-28(21-12-14-36(31,32)17-21)24(29)11-13-27-25(30)23(35-26(27)34)15-19-7-9-22(33-2)10-8-19/h3-10,15,21H,11-14,16-17H2,1-2H3/b23-15-/t21-/m0/s1. The summed E-state index contributed by atoms with van der Waals surface area (Å²) in [5.41, 5.74) is 2.89. The van der Waals surface area contributed by atoms with Crippen LogP contribution in [0, 0.1) is 6.92 Å². The van der Waals surface area contributed by atoms with Crippen LogP contribution in [0.4, 0.5) is 0 Å². The van der Waals surface area contributed by atoms with Gasteiger partial charge in [-0.1, -0.05) is 65.9 Å². The Balaban J connectivity index is 1.44. The lowest BCUT2D eigenvalue weighted by atomic mass is 10.1. The monoisotopic (exact) mass is 544 g/mol. The maximum absolute atomic E-state index is 13.3. The number of sulfone groups is 1. The van der Waals surface area contributed by atoms with E-state index in [1.165, 1.54) is 16.7 Å². The molecule has 190 valence electrons. The zero-order chi connectivity index (χ0) is 25.9. The Kier molecular flexibility index (Phi) is 8.17. The van der Waals surface area contributed by atoms with Gasteiger partial charge >= 0.3 is 0 Å². The number of methoxy groups -OCH3 is 1. The maximum Gasteiger partial charge on any atom is 0.266 e. The predicted octanol–water partition coefficient (Wildman–Crippen LogP) is 3.81. The lowest BCUT2D eigenvalue weighted by Gasteiger charge is -2.29. The molecule has 0 unspecified atom stereocenters. The fourth-order valence-electron chi connectivity index (χ4n) is 4.23. The molecule has 2 heterocycles. The van der Waals surface area contributed by atoms with Crippen molar-refractivity contribution in [3.8, 4) is 5.75 Å². The normalized spacial score (nSPS) is 20.2. The summed E-state index contributed by atoms with van der Waals surface area (Å²) in [5.74, 6) is 0.354. The topological polar surface area (TPSA) is 84.0 Å². The highest BCUT2D eigenvalue weighted by molar-refractivity contribution is 8.26. The number of thiocarbonyl (C=S) groups is 1. The molecular formula is C26H28N2O5S3. The molecule has 2 amide bonds. The van der Waals surface area contributed by atoms with Gasteiger partial charge in [0.1, 0.15) is 10.1 Å². The molecule has 36 heavy (non-hydrogen) atoms. The van der Waals surface area contributed by atoms with E-state index < -0.39 is 9.84 Å². The molecule has 2 fully saturated rings. The van der Waals surface area contributed by atoms with Crippen LogP contribution < -0.4 is 4.74 Å². The van der Waals surface area contributed by atoms with Crippen molar-refractivity contribution in [3.63, 3.8) is 0 Å². The number of ether oxygens (including phenoxy) is 1. The number of carbonyl (C=O) groups is 2. The number of nitrogens with zero attached hydrogens (tertiary/aromatic N) is 2. The Hall–Kier alpha value is -2.69. The molecule has 10 heteroatoms. The van der Waals surface area contributed by atoms with Gasteiger partial charge < -0.3 is 9.64 Å². The fourth-order valence-corrected chi connectivity index (χ4v) is 7.27. The lowest BCUT2D eigenvalue weighted by molar-refractivity contribution is -0.134. The van der Waals surface area contributed by atoms with Gasteiger partial charge in [-0.05, 0) is 42.7 Å². The van der Waals surface area contributed by atoms with E-state index in [1.54, 1.807) is 18.1 Å². The third-order valence-corrected chi connectivity index (χ3v) is 9.41. The summed E-state index contributed by atoms with van der Waals surface area (Å²) in [6, 6.07) is 14.8. The summed E-state index contributed by atoms with van der Waals surface area (Å²) in [6.45, 7) is 2.46. The Morgan fingerprint density at radius 1 is 1.19 bits per heavy atom. The summed E-state index contributed by atoms with van der Waals surface area (Å²) >= 11 is 6.63. The number of rotatable bonds is 8. The molecule has 0 spiro atoms. The van der Waals surface area contributed by atoms with E-state index in [0.717, 1.165) is 22.4 Å². The van der Waals surface area contributed by atoms with E-state index >= 15 is 0 Å². The zero-order valence-electron chi connectivity index (χ0n) is 20.2. The van der Waals surface area contributed by atoms with Crippen molar-refractivity contribution in [3.05, 3.63) is 70.1 Å². The van der Waals surface area contributed by atoms with E-state index in [9.17, 15) is 18.0 Å². The number of benzene rings is 2. The van der Waals surface area contributed by atoms with Crippen LogP contribution in [0.25, 0.3) is 6.08 Å². The van der Waals surface area contributed by atoms with Crippen molar-refractivity contribution in [1.82, 2.24) is 9.80 Å². The summed E-state index contributed by atoms with van der Waals surface area (Å²) in [4.78, 5) is 29.9. The first kappa shape index (κ1) is 26.4. The first-order valence-corrected chi connectivity index (χ1v) is 14.6. The smallest absolute Gasteiger partial charge is 0.266 e. The van der Waals surface area contributed by atoms with Crippen LogP contribution in [0.2, 0.25) is 0 Å². The Labute approximate surface area is 221 Å². The Morgan fingerprint density at radius 2 is 1.89 bits per heavy atom. The molecule has 2 aromatic rings. The van der Waals surface area contributed by atoms with E-state index in [1.807, 2.05) is 55.5 Å². The zero-order valence-corrected chi connectivity index (χ0v) is 22.6. The van der Waals surface area contributed by atoms with Crippen LogP contribution in [0.3, 0.4) is 0 Å². The molecule has 2 aromatic carbocycles. The van der Waals surface area contributed by atoms with Crippen molar-refractivity contribution >= 4 is 56.0 Å². The van der Waals surface area contributed by atoms with Crippen LogP contribution in [0.1, 0.15) is 29.5 Å². The first-order chi connectivity index (χ1) is 17.1. The Bertz CT molecular complexity index is 1290. The number of amides is 2. The maximum atomic E-state index is 13.3. The van der Waals surface area contributed by atoms with Gasteiger partial charge in [-0.15, -0.1) is 0 Å². The third-order valence-electron chi connectivity index (χ3n) is 6.28. The number of thioether (sulfide) groups is 1. The molecule has 7 nitrogen and oxygen atoms in total. The summed E-state index contributed by atoms with van der Waals surface area (Å²) in [5, 5.41) is 0. The summed E-state index contributed by atoms with van der Waals surface area (Å²) in [6.07, 6.45) is 2.25. The molecule has 0 N–H and O–H groups in total. The molecular weight excluding hydrogens is 516 g/mol. The SMILES string of the molecule is COc1ccc(/C=C2\SC(=S)N(CCC(=O)N(Cc3ccc(C)cc3)[C@H]3CCS(=O)(=O)C3)C2=O)cc1. The van der Waals surface area contributed by atoms with Crippen LogP contribution in [0.15, 0.2) is 53.4 Å². The molecule has 0 saturated carbocycles. The number of carbonyl (C=O) groups excluding carboxylic acids is 2. The van der Waals surface area contributed by atoms with Crippen molar-refractivity contribution in [1.29, 1.82) is 0 Å². The van der Waals surface area contributed by atoms with Crippen molar-refractivity contribution in [2.75, 3.05) is 25.2 Å². The molecule has 0 aliphatic carbocycles. The second kappa shape index (κ2) is 11.1. The number of aryl methyl sites for hydroxylation is 1. The molecule has 4 rings (SSSR count). The molecule has 2 saturated heterocycles. The van der Waals surface area contributed by atoms with Crippen LogP contribution >= 0.6 is 24.0 Å². The van der Waals surface area contributed by atoms with Crippen LogP contribution in [-0.4, -0.2) is 65.6 Å². The predicted molar refractivity (Wildman–Crippen MR) is 146 cm³/mol. The van der Waals surface area contributed by atoms with Crippen LogP contribution in [-0.2, 0) is 26.0 Å². The highest BCUT2D eigenvalue weighted by Gasteiger charge is 2.36. The Morgan fingerprint density at radius 3 is 2.50 bits per heavy atom. The minimum atomic E-state index is -3.16. The third kappa shape index (κ3) is 6.35. The van der Waals surface area contributed by atoms with Gasteiger partial charge in [0.25, 0.3) is 5.91 Å². The average Bonchev–Trinajstić information content (AvgIpc) is 3.34. The van der Waals surface area contributed by atoms with E-state index in [0.29, 0.717) is 22.2 Å². The van der Waals surface area contributed by atoms with Gasteiger partial charge in [0, 0.05) is 25.6 Å². The molecule has 0 bridgehead atoms. The average molecular weight is 545 g/mol. The summed E-state index contributed by atoms with van der Waals surface area (Å²) < 4.78 is 29.8. The molecule has 2 aliphatic rings. The molecule has 1 atom stereocenters. The van der Waals surface area contributed by atoms with E-state index in [4.69, 9.17) is 17.0 Å². The minimum Gasteiger partial charge on any atom is -0.497 e. The van der Waals surface area contributed by atoms with E-state index in [2.05, 4.69) is 0 Å². The highest BCUT2D eigenvalue weighted by Crippen LogP contribution is 2.33. The van der Waals surface area contributed by atoms with Gasteiger partial charge in [-0.25, -0.2) is 8.42 Å². The second-order valence-corrected chi connectivity index (χ2v) is 12.8. The molecule has 0 radical (unpaired) electrons. The van der Waals surface area contributed by atoms with Gasteiger partial charge in [0.2, 0.25) is 5.91 Å². The quantitative estimate of drug-likeness (QED) is 0.369. The fraction of sp³-hybridized carbons (Fsp3) is 0.346. The number of hydrogen-bond acceptors (Lipinski definition) is 7. The minimum absolute atomic E-state index is 0.0315. The highest BCUT2D eigenvalue weighted by atomic mass is 32.2. The van der Waals surface area contributed by atoms with Crippen molar-refractivity contribution < 1.29 is 22.7 Å².